The van der Waals surface area contributed by atoms with E-state index in [4.69, 9.17) is 5.26 Å². The Bertz CT molecular complexity index is 574. The van der Waals surface area contributed by atoms with Crippen LogP contribution in [0.4, 0.5) is 10.5 Å². The lowest BCUT2D eigenvalue weighted by molar-refractivity contribution is -0.144. The summed E-state index contributed by atoms with van der Waals surface area (Å²) in [6, 6.07) is 8.03. The van der Waals surface area contributed by atoms with Crippen molar-refractivity contribution in [2.75, 3.05) is 11.9 Å². The largest absolute Gasteiger partial charge is 0.480 e. The molecule has 0 saturated heterocycles. The standard InChI is InChI=1S/C15H19N3O3/c1-4-15(5-2,13(19)20)17-14(21)18(3)12-8-6-7-11(9-12)10-16/h6-9H,4-5H2,1-3H3,(H,17,21)(H,19,20). The maximum absolute atomic E-state index is 12.2. The minimum absolute atomic E-state index is 0.288. The number of hydrogen-bond acceptors (Lipinski definition) is 3. The first-order chi connectivity index (χ1) is 9.90. The Kier molecular flexibility index (Phi) is 5.30. The van der Waals surface area contributed by atoms with E-state index in [0.717, 1.165) is 0 Å². The fourth-order valence-electron chi connectivity index (χ4n) is 1.97. The minimum atomic E-state index is -1.28. The number of aliphatic carboxylic acids is 1. The molecule has 0 heterocycles. The summed E-state index contributed by atoms with van der Waals surface area (Å²) < 4.78 is 0. The molecule has 0 spiro atoms. The fourth-order valence-corrected chi connectivity index (χ4v) is 1.97. The van der Waals surface area contributed by atoms with Gasteiger partial charge in [-0.15, -0.1) is 0 Å². The molecule has 0 bridgehead atoms. The van der Waals surface area contributed by atoms with Crippen molar-refractivity contribution in [2.24, 2.45) is 0 Å². The van der Waals surface area contributed by atoms with Gasteiger partial charge >= 0.3 is 12.0 Å². The SMILES string of the molecule is CCC(CC)(NC(=O)N(C)c1cccc(C#N)c1)C(=O)O. The second-order valence-electron chi connectivity index (χ2n) is 4.75. The number of hydrogen-bond donors (Lipinski definition) is 2. The van der Waals surface area contributed by atoms with Crippen LogP contribution in [0.2, 0.25) is 0 Å². The third-order valence-corrected chi connectivity index (χ3v) is 3.63. The Morgan fingerprint density at radius 1 is 1.38 bits per heavy atom. The van der Waals surface area contributed by atoms with Crippen molar-refractivity contribution in [1.29, 1.82) is 5.26 Å². The highest BCUT2D eigenvalue weighted by Gasteiger charge is 2.37. The molecule has 0 radical (unpaired) electrons. The molecule has 1 aromatic rings. The monoisotopic (exact) mass is 289 g/mol. The van der Waals surface area contributed by atoms with E-state index < -0.39 is 17.5 Å². The highest BCUT2D eigenvalue weighted by molar-refractivity contribution is 5.95. The number of urea groups is 1. The van der Waals surface area contributed by atoms with Crippen LogP contribution in [0.1, 0.15) is 32.3 Å². The lowest BCUT2D eigenvalue weighted by atomic mass is 9.93. The highest BCUT2D eigenvalue weighted by Crippen LogP contribution is 2.19. The molecular weight excluding hydrogens is 270 g/mol. The summed E-state index contributed by atoms with van der Waals surface area (Å²) >= 11 is 0. The minimum Gasteiger partial charge on any atom is -0.480 e. The molecule has 2 N–H and O–H groups in total. The lowest BCUT2D eigenvalue weighted by Crippen LogP contribution is -2.56. The van der Waals surface area contributed by atoms with Crippen molar-refractivity contribution < 1.29 is 14.7 Å². The molecule has 0 unspecified atom stereocenters. The number of nitrogens with one attached hydrogen (secondary N) is 1. The average Bonchev–Trinajstić information content (AvgIpc) is 2.51. The van der Waals surface area contributed by atoms with E-state index in [1.165, 1.54) is 11.9 Å². The molecule has 1 aromatic carbocycles. The molecule has 0 aliphatic rings. The molecule has 0 atom stereocenters. The van der Waals surface area contributed by atoms with Gasteiger partial charge in [-0.3, -0.25) is 4.90 Å². The summed E-state index contributed by atoms with van der Waals surface area (Å²) in [4.78, 5) is 24.9. The van der Waals surface area contributed by atoms with Gasteiger partial charge in [0.1, 0.15) is 5.54 Å². The van der Waals surface area contributed by atoms with Crippen LogP contribution in [0.15, 0.2) is 24.3 Å². The van der Waals surface area contributed by atoms with Gasteiger partial charge < -0.3 is 10.4 Å². The van der Waals surface area contributed by atoms with Gasteiger partial charge in [0.25, 0.3) is 0 Å². The molecule has 0 saturated carbocycles. The summed E-state index contributed by atoms with van der Waals surface area (Å²) in [6.07, 6.45) is 0.577. The van der Waals surface area contributed by atoms with Crippen molar-refractivity contribution in [3.05, 3.63) is 29.8 Å². The van der Waals surface area contributed by atoms with E-state index in [-0.39, 0.29) is 12.8 Å². The molecule has 0 aromatic heterocycles. The zero-order chi connectivity index (χ0) is 16.0. The van der Waals surface area contributed by atoms with Gasteiger partial charge in [0, 0.05) is 12.7 Å². The number of anilines is 1. The van der Waals surface area contributed by atoms with E-state index in [1.54, 1.807) is 38.1 Å². The van der Waals surface area contributed by atoms with E-state index in [9.17, 15) is 14.7 Å². The number of carbonyl (C=O) groups excluding carboxylic acids is 1. The zero-order valence-corrected chi connectivity index (χ0v) is 12.4. The van der Waals surface area contributed by atoms with Gasteiger partial charge in [-0.1, -0.05) is 19.9 Å². The van der Waals surface area contributed by atoms with Crippen molar-refractivity contribution in [1.82, 2.24) is 5.32 Å². The van der Waals surface area contributed by atoms with Gasteiger partial charge in [0.2, 0.25) is 0 Å². The summed E-state index contributed by atoms with van der Waals surface area (Å²) in [7, 11) is 1.53. The molecule has 112 valence electrons. The van der Waals surface area contributed by atoms with Gasteiger partial charge in [0.15, 0.2) is 0 Å². The van der Waals surface area contributed by atoms with Crippen LogP contribution < -0.4 is 10.2 Å². The average molecular weight is 289 g/mol. The quantitative estimate of drug-likeness (QED) is 0.870. The normalized spacial score (nSPS) is 10.6. The molecule has 6 nitrogen and oxygen atoms in total. The Labute approximate surface area is 124 Å². The summed E-state index contributed by atoms with van der Waals surface area (Å²) in [5.41, 5.74) is -0.321. The van der Waals surface area contributed by atoms with E-state index in [1.807, 2.05) is 6.07 Å². The van der Waals surface area contributed by atoms with Gasteiger partial charge in [-0.25, -0.2) is 9.59 Å². The number of carboxylic acids is 1. The van der Waals surface area contributed by atoms with Crippen LogP contribution in [-0.4, -0.2) is 29.7 Å². The molecule has 0 aliphatic carbocycles. The number of carboxylic acid groups (broad SMARTS) is 1. The fraction of sp³-hybridized carbons (Fsp3) is 0.400. The number of nitriles is 1. The maximum Gasteiger partial charge on any atom is 0.329 e. The number of amides is 2. The van der Waals surface area contributed by atoms with Crippen LogP contribution in [0, 0.1) is 11.3 Å². The molecule has 21 heavy (non-hydrogen) atoms. The Balaban J connectivity index is 2.97. The van der Waals surface area contributed by atoms with E-state index >= 15 is 0 Å². The molecule has 6 heteroatoms. The summed E-state index contributed by atoms with van der Waals surface area (Å²) in [6.45, 7) is 3.43. The van der Waals surface area contributed by atoms with Crippen molar-refractivity contribution in [2.45, 2.75) is 32.2 Å². The van der Waals surface area contributed by atoms with Crippen LogP contribution in [0.3, 0.4) is 0 Å². The Morgan fingerprint density at radius 3 is 2.48 bits per heavy atom. The highest BCUT2D eigenvalue weighted by atomic mass is 16.4. The first-order valence-electron chi connectivity index (χ1n) is 6.69. The number of nitrogens with zero attached hydrogens (tertiary/aromatic N) is 2. The second-order valence-corrected chi connectivity index (χ2v) is 4.75. The number of rotatable bonds is 5. The first kappa shape index (κ1) is 16.5. The summed E-state index contributed by atoms with van der Waals surface area (Å²) in [5.74, 6) is -1.06. The van der Waals surface area contributed by atoms with Crippen LogP contribution in [0.5, 0.6) is 0 Å². The van der Waals surface area contributed by atoms with Crippen LogP contribution in [0.25, 0.3) is 0 Å². The third kappa shape index (κ3) is 3.51. The van der Waals surface area contributed by atoms with Crippen molar-refractivity contribution >= 4 is 17.7 Å². The topological polar surface area (TPSA) is 93.4 Å². The van der Waals surface area contributed by atoms with Crippen molar-refractivity contribution in [3.8, 4) is 6.07 Å². The first-order valence-corrected chi connectivity index (χ1v) is 6.69. The van der Waals surface area contributed by atoms with Gasteiger partial charge in [0.05, 0.1) is 11.6 Å². The molecule has 2 amide bonds. The Hall–Kier alpha value is -2.55. The van der Waals surface area contributed by atoms with Crippen molar-refractivity contribution in [3.63, 3.8) is 0 Å². The summed E-state index contributed by atoms with van der Waals surface area (Å²) in [5, 5.41) is 20.8. The van der Waals surface area contributed by atoms with Gasteiger partial charge in [-0.2, -0.15) is 5.26 Å². The van der Waals surface area contributed by atoms with Gasteiger partial charge in [-0.05, 0) is 31.0 Å². The Morgan fingerprint density at radius 2 is 2.00 bits per heavy atom. The predicted molar refractivity (Wildman–Crippen MR) is 79.0 cm³/mol. The van der Waals surface area contributed by atoms with E-state index in [2.05, 4.69) is 5.32 Å². The zero-order valence-electron chi connectivity index (χ0n) is 12.4. The van der Waals surface area contributed by atoms with Crippen LogP contribution in [-0.2, 0) is 4.79 Å². The van der Waals surface area contributed by atoms with E-state index in [0.29, 0.717) is 11.3 Å². The predicted octanol–water partition coefficient (Wildman–Crippen LogP) is 2.35. The molecule has 1 rings (SSSR count). The molecular formula is C15H19N3O3. The third-order valence-electron chi connectivity index (χ3n) is 3.63. The number of benzene rings is 1. The smallest absolute Gasteiger partial charge is 0.329 e. The molecule has 0 fully saturated rings. The van der Waals surface area contributed by atoms with Crippen LogP contribution >= 0.6 is 0 Å². The number of carbonyl (C=O) groups is 2. The maximum atomic E-state index is 12.2. The second kappa shape index (κ2) is 6.75. The lowest BCUT2D eigenvalue weighted by Gasteiger charge is -2.30. The molecule has 0 aliphatic heterocycles.